The summed E-state index contributed by atoms with van der Waals surface area (Å²) in [6.07, 6.45) is 1.49. The van der Waals surface area contributed by atoms with Crippen molar-refractivity contribution in [2.24, 2.45) is 11.8 Å². The summed E-state index contributed by atoms with van der Waals surface area (Å²) < 4.78 is 38.1. The van der Waals surface area contributed by atoms with E-state index in [-0.39, 0.29) is 5.92 Å². The van der Waals surface area contributed by atoms with Crippen LogP contribution in [0.3, 0.4) is 0 Å². The van der Waals surface area contributed by atoms with Crippen molar-refractivity contribution in [1.82, 2.24) is 0 Å². The van der Waals surface area contributed by atoms with Gasteiger partial charge in [-0.05, 0) is 25.2 Å². The van der Waals surface area contributed by atoms with Gasteiger partial charge in [-0.25, -0.2) is 0 Å². The smallest absolute Gasteiger partial charge is 0.171 e. The van der Waals surface area contributed by atoms with Crippen molar-refractivity contribution in [3.8, 4) is 0 Å². The van der Waals surface area contributed by atoms with Gasteiger partial charge in [0.1, 0.15) is 0 Å². The Morgan fingerprint density at radius 1 is 1.21 bits per heavy atom. The van der Waals surface area contributed by atoms with E-state index in [0.717, 1.165) is 32.1 Å². The number of hydrogen-bond acceptors (Lipinski definition) is 0. The molecule has 0 spiro atoms. The molecule has 84 valence electrons. The van der Waals surface area contributed by atoms with Gasteiger partial charge in [-0.3, -0.25) is 0 Å². The highest BCUT2D eigenvalue weighted by atomic mass is 19.4. The molecule has 0 unspecified atom stereocenters. The predicted octanol–water partition coefficient (Wildman–Crippen LogP) is 4.55. The van der Waals surface area contributed by atoms with Gasteiger partial charge >= 0.3 is 6.18 Å². The normalized spacial score (nSPS) is 21.4. The molecule has 3 heteroatoms. The minimum atomic E-state index is -3.97. The highest BCUT2D eigenvalue weighted by molar-refractivity contribution is 4.80. The Bertz CT molecular complexity index is 156. The van der Waals surface area contributed by atoms with Crippen LogP contribution in [0.25, 0.3) is 0 Å². The molecule has 0 radical (unpaired) electrons. The molecular weight excluding hydrogens is 189 g/mol. The van der Waals surface area contributed by atoms with Crippen LogP contribution in [0.5, 0.6) is 0 Å². The molecule has 1 saturated carbocycles. The number of rotatable bonds is 4. The zero-order valence-electron chi connectivity index (χ0n) is 8.74. The predicted molar refractivity (Wildman–Crippen MR) is 51.0 cm³/mol. The minimum Gasteiger partial charge on any atom is -0.171 e. The van der Waals surface area contributed by atoms with Crippen LogP contribution in [0.4, 0.5) is 13.2 Å². The van der Waals surface area contributed by atoms with Crippen LogP contribution in [-0.4, -0.2) is 6.18 Å². The van der Waals surface area contributed by atoms with E-state index < -0.39 is 12.1 Å². The van der Waals surface area contributed by atoms with E-state index in [4.69, 9.17) is 0 Å². The van der Waals surface area contributed by atoms with Crippen LogP contribution in [0.1, 0.15) is 51.9 Å². The van der Waals surface area contributed by atoms with Gasteiger partial charge in [0, 0.05) is 0 Å². The maximum absolute atomic E-state index is 12.7. The topological polar surface area (TPSA) is 0 Å². The van der Waals surface area contributed by atoms with Crippen LogP contribution in [0, 0.1) is 11.8 Å². The Labute approximate surface area is 83.9 Å². The van der Waals surface area contributed by atoms with E-state index in [1.54, 1.807) is 0 Å². The number of halogens is 3. The van der Waals surface area contributed by atoms with E-state index in [2.05, 4.69) is 0 Å². The molecule has 1 rings (SSSR count). The molecule has 1 aliphatic rings. The summed E-state index contributed by atoms with van der Waals surface area (Å²) in [5.41, 5.74) is 0. The summed E-state index contributed by atoms with van der Waals surface area (Å²) in [6.45, 7) is 1.95. The Morgan fingerprint density at radius 3 is 2.21 bits per heavy atom. The van der Waals surface area contributed by atoms with Gasteiger partial charge in [-0.1, -0.05) is 32.6 Å². The van der Waals surface area contributed by atoms with E-state index in [1.807, 2.05) is 6.92 Å². The third-order valence-corrected chi connectivity index (χ3v) is 3.26. The number of hydrogen-bond donors (Lipinski definition) is 0. The molecule has 0 N–H and O–H groups in total. The lowest BCUT2D eigenvalue weighted by Crippen LogP contribution is -2.29. The summed E-state index contributed by atoms with van der Waals surface area (Å²) >= 11 is 0. The molecule has 1 aliphatic carbocycles. The minimum absolute atomic E-state index is 0.0819. The number of alkyl halides is 3. The van der Waals surface area contributed by atoms with E-state index >= 15 is 0 Å². The monoisotopic (exact) mass is 208 g/mol. The summed E-state index contributed by atoms with van der Waals surface area (Å²) in [6, 6.07) is 0. The lowest BCUT2D eigenvalue weighted by Gasteiger charge is -2.25. The van der Waals surface area contributed by atoms with Crippen molar-refractivity contribution in [3.05, 3.63) is 0 Å². The second-order valence-electron chi connectivity index (χ2n) is 4.33. The first-order valence-electron chi connectivity index (χ1n) is 5.62. The highest BCUT2D eigenvalue weighted by Gasteiger charge is 2.44. The van der Waals surface area contributed by atoms with Crippen molar-refractivity contribution < 1.29 is 13.2 Å². The zero-order chi connectivity index (χ0) is 10.6. The third-order valence-electron chi connectivity index (χ3n) is 3.26. The molecule has 0 bridgehead atoms. The van der Waals surface area contributed by atoms with Gasteiger partial charge in [0.05, 0.1) is 5.92 Å². The maximum Gasteiger partial charge on any atom is 0.392 e. The van der Waals surface area contributed by atoms with Crippen LogP contribution in [0.15, 0.2) is 0 Å². The molecule has 1 atom stereocenters. The van der Waals surface area contributed by atoms with Crippen LogP contribution < -0.4 is 0 Å². The fourth-order valence-electron chi connectivity index (χ4n) is 2.45. The average molecular weight is 208 g/mol. The first-order chi connectivity index (χ1) is 6.55. The largest absolute Gasteiger partial charge is 0.392 e. The van der Waals surface area contributed by atoms with Crippen molar-refractivity contribution in [3.63, 3.8) is 0 Å². The van der Waals surface area contributed by atoms with Gasteiger partial charge in [0.25, 0.3) is 0 Å². The zero-order valence-corrected chi connectivity index (χ0v) is 8.74. The van der Waals surface area contributed by atoms with Gasteiger partial charge in [-0.15, -0.1) is 0 Å². The second kappa shape index (κ2) is 5.04. The second-order valence-corrected chi connectivity index (χ2v) is 4.33. The fourth-order valence-corrected chi connectivity index (χ4v) is 2.45. The lowest BCUT2D eigenvalue weighted by molar-refractivity contribution is -0.190. The molecule has 0 nitrogen and oxygen atoms in total. The van der Waals surface area contributed by atoms with Crippen LogP contribution in [0.2, 0.25) is 0 Å². The Hall–Kier alpha value is -0.210. The molecule has 0 aromatic carbocycles. The highest BCUT2D eigenvalue weighted by Crippen LogP contribution is 2.42. The molecular formula is C11H19F3. The molecule has 14 heavy (non-hydrogen) atoms. The summed E-state index contributed by atoms with van der Waals surface area (Å²) in [5.74, 6) is -1.11. The molecule has 0 amide bonds. The summed E-state index contributed by atoms with van der Waals surface area (Å²) in [7, 11) is 0. The number of unbranched alkanes of at least 4 members (excludes halogenated alkanes) is 1. The van der Waals surface area contributed by atoms with E-state index in [9.17, 15) is 13.2 Å². The fraction of sp³-hybridized carbons (Fsp3) is 1.00. The Kier molecular flexibility index (Phi) is 4.27. The standard InChI is InChI=1S/C11H19F3/c1-2-3-8-10(11(12,13)14)9-6-4-5-7-9/h9-10H,2-8H2,1H3/t10-/m0/s1. The quantitative estimate of drug-likeness (QED) is 0.636. The summed E-state index contributed by atoms with van der Waals surface area (Å²) in [5, 5.41) is 0. The molecule has 0 heterocycles. The maximum atomic E-state index is 12.7. The van der Waals surface area contributed by atoms with Crippen molar-refractivity contribution >= 4 is 0 Å². The molecule has 1 fully saturated rings. The SMILES string of the molecule is CCCC[C@@H](C1CCCC1)C(F)(F)F. The third kappa shape index (κ3) is 3.18. The molecule has 0 saturated heterocycles. The van der Waals surface area contributed by atoms with Gasteiger partial charge < -0.3 is 0 Å². The Morgan fingerprint density at radius 2 is 1.79 bits per heavy atom. The van der Waals surface area contributed by atoms with Crippen molar-refractivity contribution in [2.75, 3.05) is 0 Å². The van der Waals surface area contributed by atoms with Crippen LogP contribution >= 0.6 is 0 Å². The van der Waals surface area contributed by atoms with Crippen molar-refractivity contribution in [2.45, 2.75) is 58.0 Å². The summed E-state index contributed by atoms with van der Waals surface area (Å²) in [4.78, 5) is 0. The molecule has 0 aliphatic heterocycles. The van der Waals surface area contributed by atoms with E-state index in [1.165, 1.54) is 0 Å². The van der Waals surface area contributed by atoms with Crippen LogP contribution in [-0.2, 0) is 0 Å². The average Bonchev–Trinajstić information content (AvgIpc) is 2.55. The van der Waals surface area contributed by atoms with Gasteiger partial charge in [-0.2, -0.15) is 13.2 Å². The Balaban J connectivity index is 2.51. The van der Waals surface area contributed by atoms with Crippen molar-refractivity contribution in [1.29, 1.82) is 0 Å². The van der Waals surface area contributed by atoms with Gasteiger partial charge in [0.15, 0.2) is 0 Å². The van der Waals surface area contributed by atoms with Gasteiger partial charge in [0.2, 0.25) is 0 Å². The van der Waals surface area contributed by atoms with E-state index in [0.29, 0.717) is 12.8 Å². The molecule has 0 aromatic heterocycles. The lowest BCUT2D eigenvalue weighted by atomic mass is 9.86. The molecule has 0 aromatic rings. The first-order valence-corrected chi connectivity index (χ1v) is 5.62. The first kappa shape index (κ1) is 11.9.